The number of rotatable bonds is 2. The summed E-state index contributed by atoms with van der Waals surface area (Å²) in [6.45, 7) is 4.23. The minimum absolute atomic E-state index is 0.0525. The minimum atomic E-state index is -0.404. The summed E-state index contributed by atoms with van der Waals surface area (Å²) in [5, 5.41) is 10.9. The highest BCUT2D eigenvalue weighted by atomic mass is 16.6. The Morgan fingerprint density at radius 3 is 2.59 bits per heavy atom. The van der Waals surface area contributed by atoms with Crippen molar-refractivity contribution >= 4 is 17.3 Å². The van der Waals surface area contributed by atoms with Crippen LogP contribution in [0.15, 0.2) is 12.1 Å². The van der Waals surface area contributed by atoms with Crippen LogP contribution >= 0.6 is 0 Å². The second-order valence-corrected chi connectivity index (χ2v) is 4.28. The molecule has 1 heterocycles. The number of nitrogens with zero attached hydrogens (tertiary/aromatic N) is 2. The van der Waals surface area contributed by atoms with Gasteiger partial charge in [-0.05, 0) is 25.8 Å². The van der Waals surface area contributed by atoms with Crippen molar-refractivity contribution in [2.75, 3.05) is 11.4 Å². The summed E-state index contributed by atoms with van der Waals surface area (Å²) in [5.41, 5.74) is 2.26. The number of anilines is 1. The number of benzene rings is 1. The van der Waals surface area contributed by atoms with Crippen LogP contribution in [-0.2, 0) is 4.79 Å². The lowest BCUT2D eigenvalue weighted by Gasteiger charge is -2.20. The van der Waals surface area contributed by atoms with Gasteiger partial charge in [-0.1, -0.05) is 6.07 Å². The Morgan fingerprint density at radius 2 is 2.06 bits per heavy atom. The zero-order valence-electron chi connectivity index (χ0n) is 9.90. The molecule has 5 nitrogen and oxygen atoms in total. The number of nitro groups is 1. The van der Waals surface area contributed by atoms with Crippen molar-refractivity contribution in [1.29, 1.82) is 0 Å². The van der Waals surface area contributed by atoms with Gasteiger partial charge in [0.15, 0.2) is 0 Å². The van der Waals surface area contributed by atoms with Gasteiger partial charge in [-0.3, -0.25) is 14.9 Å². The van der Waals surface area contributed by atoms with Gasteiger partial charge >= 0.3 is 0 Å². The van der Waals surface area contributed by atoms with Gasteiger partial charge in [0.25, 0.3) is 5.69 Å². The Bertz CT molecular complexity index is 497. The van der Waals surface area contributed by atoms with E-state index in [4.69, 9.17) is 0 Å². The van der Waals surface area contributed by atoms with Crippen molar-refractivity contribution < 1.29 is 9.72 Å². The van der Waals surface area contributed by atoms with Crippen molar-refractivity contribution in [3.63, 3.8) is 0 Å². The Morgan fingerprint density at radius 1 is 1.35 bits per heavy atom. The van der Waals surface area contributed by atoms with Crippen LogP contribution in [0.4, 0.5) is 11.4 Å². The number of aryl methyl sites for hydroxylation is 1. The maximum Gasteiger partial charge on any atom is 0.274 e. The van der Waals surface area contributed by atoms with Crippen molar-refractivity contribution in [2.24, 2.45) is 0 Å². The first-order valence-corrected chi connectivity index (χ1v) is 5.57. The number of hydrogen-bond donors (Lipinski definition) is 0. The zero-order chi connectivity index (χ0) is 12.6. The summed E-state index contributed by atoms with van der Waals surface area (Å²) in [6, 6.07) is 3.20. The first-order valence-electron chi connectivity index (χ1n) is 5.57. The topological polar surface area (TPSA) is 63.5 Å². The molecule has 1 fully saturated rings. The number of carbonyl (C=O) groups excluding carboxylic acids is 1. The molecule has 0 saturated carbocycles. The minimum Gasteiger partial charge on any atom is -0.312 e. The number of carbonyl (C=O) groups is 1. The summed E-state index contributed by atoms with van der Waals surface area (Å²) in [6.07, 6.45) is 1.35. The van der Waals surface area contributed by atoms with Crippen LogP contribution in [0.3, 0.4) is 0 Å². The molecule has 5 heteroatoms. The lowest BCUT2D eigenvalue weighted by molar-refractivity contribution is -0.385. The fraction of sp³-hybridized carbons (Fsp3) is 0.417. The molecule has 90 valence electrons. The molecule has 1 aliphatic heterocycles. The molecule has 0 bridgehead atoms. The van der Waals surface area contributed by atoms with Crippen LogP contribution in [-0.4, -0.2) is 17.4 Å². The van der Waals surface area contributed by atoms with Gasteiger partial charge in [0, 0.05) is 19.0 Å². The normalized spacial score (nSPS) is 15.4. The molecule has 2 rings (SSSR count). The van der Waals surface area contributed by atoms with E-state index < -0.39 is 4.92 Å². The van der Waals surface area contributed by atoms with Crippen LogP contribution < -0.4 is 4.90 Å². The third-order valence-corrected chi connectivity index (χ3v) is 3.14. The summed E-state index contributed by atoms with van der Waals surface area (Å²) >= 11 is 0. The van der Waals surface area contributed by atoms with Gasteiger partial charge in [0.2, 0.25) is 5.91 Å². The van der Waals surface area contributed by atoms with E-state index in [1.54, 1.807) is 17.9 Å². The van der Waals surface area contributed by atoms with E-state index in [1.165, 1.54) is 6.07 Å². The Kier molecular flexibility index (Phi) is 2.83. The van der Waals surface area contributed by atoms with Crippen LogP contribution in [0.5, 0.6) is 0 Å². The van der Waals surface area contributed by atoms with E-state index in [1.807, 2.05) is 6.92 Å². The predicted molar refractivity (Wildman–Crippen MR) is 64.2 cm³/mol. The lowest BCUT2D eigenvalue weighted by atomic mass is 10.1. The van der Waals surface area contributed by atoms with Crippen molar-refractivity contribution in [3.05, 3.63) is 33.4 Å². The number of amides is 1. The largest absolute Gasteiger partial charge is 0.312 e. The fourth-order valence-corrected chi connectivity index (χ4v) is 2.32. The molecule has 0 unspecified atom stereocenters. The van der Waals surface area contributed by atoms with Gasteiger partial charge in [0.1, 0.15) is 0 Å². The first-order chi connectivity index (χ1) is 8.02. The van der Waals surface area contributed by atoms with Gasteiger partial charge in [-0.2, -0.15) is 0 Å². The zero-order valence-corrected chi connectivity index (χ0v) is 9.90. The van der Waals surface area contributed by atoms with Crippen molar-refractivity contribution in [3.8, 4) is 0 Å². The molecular weight excluding hydrogens is 220 g/mol. The third-order valence-electron chi connectivity index (χ3n) is 3.14. The molecule has 1 saturated heterocycles. The highest BCUT2D eigenvalue weighted by Crippen LogP contribution is 2.34. The fourth-order valence-electron chi connectivity index (χ4n) is 2.32. The first kappa shape index (κ1) is 11.6. The van der Waals surface area contributed by atoms with Crippen LogP contribution in [0, 0.1) is 24.0 Å². The quantitative estimate of drug-likeness (QED) is 0.582. The second-order valence-electron chi connectivity index (χ2n) is 4.28. The summed E-state index contributed by atoms with van der Waals surface area (Å²) < 4.78 is 0. The molecule has 0 spiro atoms. The van der Waals surface area contributed by atoms with Gasteiger partial charge < -0.3 is 4.90 Å². The number of nitro benzene ring substituents is 1. The summed E-state index contributed by atoms with van der Waals surface area (Å²) in [5.74, 6) is 0.0525. The third kappa shape index (κ3) is 1.88. The molecule has 1 aromatic rings. The molecule has 0 radical (unpaired) electrons. The maximum atomic E-state index is 11.7. The molecule has 0 aliphatic carbocycles. The van der Waals surface area contributed by atoms with Gasteiger partial charge in [0.05, 0.1) is 16.2 Å². The molecule has 1 aliphatic rings. The Balaban J connectivity index is 2.55. The molecule has 0 N–H and O–H groups in total. The highest BCUT2D eigenvalue weighted by Gasteiger charge is 2.27. The average Bonchev–Trinajstić information content (AvgIpc) is 2.64. The molecule has 1 amide bonds. The molecule has 0 aromatic heterocycles. The molecule has 1 aromatic carbocycles. The van der Waals surface area contributed by atoms with E-state index in [0.29, 0.717) is 24.2 Å². The Hall–Kier alpha value is -1.91. The van der Waals surface area contributed by atoms with Gasteiger partial charge in [-0.15, -0.1) is 0 Å². The average molecular weight is 234 g/mol. The van der Waals surface area contributed by atoms with E-state index in [9.17, 15) is 14.9 Å². The molecule has 17 heavy (non-hydrogen) atoms. The summed E-state index contributed by atoms with van der Waals surface area (Å²) in [7, 11) is 0. The van der Waals surface area contributed by atoms with Crippen LogP contribution in [0.25, 0.3) is 0 Å². The van der Waals surface area contributed by atoms with Crippen LogP contribution in [0.2, 0.25) is 0 Å². The van der Waals surface area contributed by atoms with E-state index in [0.717, 1.165) is 12.0 Å². The van der Waals surface area contributed by atoms with Crippen molar-refractivity contribution in [2.45, 2.75) is 26.7 Å². The van der Waals surface area contributed by atoms with E-state index >= 15 is 0 Å². The monoisotopic (exact) mass is 234 g/mol. The molecule has 0 atom stereocenters. The van der Waals surface area contributed by atoms with E-state index in [-0.39, 0.29) is 11.6 Å². The lowest BCUT2D eigenvalue weighted by Crippen LogP contribution is -2.25. The van der Waals surface area contributed by atoms with Crippen molar-refractivity contribution in [1.82, 2.24) is 0 Å². The van der Waals surface area contributed by atoms with Gasteiger partial charge in [-0.25, -0.2) is 0 Å². The molecular formula is C12H14N2O3. The second kappa shape index (κ2) is 4.16. The SMILES string of the molecule is Cc1ccc([N+](=O)[O-])c(C)c1N1CCCC1=O. The number of hydrogen-bond acceptors (Lipinski definition) is 3. The smallest absolute Gasteiger partial charge is 0.274 e. The Labute approximate surface area is 99.2 Å². The summed E-state index contributed by atoms with van der Waals surface area (Å²) in [4.78, 5) is 23.9. The highest BCUT2D eigenvalue weighted by molar-refractivity contribution is 5.97. The predicted octanol–water partition coefficient (Wildman–Crippen LogP) is 2.34. The maximum absolute atomic E-state index is 11.7. The standard InChI is InChI=1S/C12H14N2O3/c1-8-5-6-10(14(16)17)9(2)12(8)13-7-3-4-11(13)15/h5-6H,3-4,7H2,1-2H3. The van der Waals surface area contributed by atoms with Crippen LogP contribution in [0.1, 0.15) is 24.0 Å². The van der Waals surface area contributed by atoms with E-state index in [2.05, 4.69) is 0 Å².